The predicted molar refractivity (Wildman–Crippen MR) is 116 cm³/mol. The number of rotatable bonds is 7. The second-order valence-corrected chi connectivity index (χ2v) is 9.84. The van der Waals surface area contributed by atoms with Crippen LogP contribution in [0.3, 0.4) is 0 Å². The number of hydrogen-bond donors (Lipinski definition) is 0. The Kier molecular flexibility index (Phi) is 6.45. The number of thiophene rings is 1. The standard InChI is InChI=1S/C19H22BrN3OS2/c1-4-13-6-7-14-16(12-13)26-19(21-14)23(11-5-10-22(2)3)18(24)15-8-9-17(20)25-15/h6-9,12H,4-5,10-11H2,1-3H3. The third-order valence-corrected chi connectivity index (χ3v) is 6.75. The van der Waals surface area contributed by atoms with E-state index < -0.39 is 0 Å². The van der Waals surface area contributed by atoms with Crippen molar-refractivity contribution in [1.29, 1.82) is 0 Å². The van der Waals surface area contributed by atoms with Crippen molar-refractivity contribution in [1.82, 2.24) is 9.88 Å². The fourth-order valence-corrected chi connectivity index (χ4v) is 5.07. The van der Waals surface area contributed by atoms with E-state index in [0.717, 1.165) is 43.4 Å². The zero-order valence-electron chi connectivity index (χ0n) is 15.2. The largest absolute Gasteiger partial charge is 0.309 e. The van der Waals surface area contributed by atoms with Gasteiger partial charge in [-0.2, -0.15) is 0 Å². The molecular weight excluding hydrogens is 430 g/mol. The highest BCUT2D eigenvalue weighted by molar-refractivity contribution is 9.11. The molecule has 0 fully saturated rings. The zero-order chi connectivity index (χ0) is 18.7. The second kappa shape index (κ2) is 8.61. The molecule has 3 rings (SSSR count). The van der Waals surface area contributed by atoms with Gasteiger partial charge >= 0.3 is 0 Å². The summed E-state index contributed by atoms with van der Waals surface area (Å²) in [7, 11) is 4.10. The second-order valence-electron chi connectivity index (χ2n) is 6.37. The number of hydrogen-bond acceptors (Lipinski definition) is 5. The quantitative estimate of drug-likeness (QED) is 0.489. The average Bonchev–Trinajstić information content (AvgIpc) is 3.23. The molecule has 7 heteroatoms. The molecule has 2 aromatic heterocycles. The molecule has 3 aromatic rings. The van der Waals surface area contributed by atoms with Gasteiger partial charge in [0.15, 0.2) is 5.13 Å². The SMILES string of the molecule is CCc1ccc2nc(N(CCCN(C)C)C(=O)c3ccc(Br)s3)sc2c1. The topological polar surface area (TPSA) is 36.4 Å². The van der Waals surface area contributed by atoms with E-state index in [-0.39, 0.29) is 5.91 Å². The molecule has 2 heterocycles. The fraction of sp³-hybridized carbons (Fsp3) is 0.368. The maximum atomic E-state index is 13.1. The van der Waals surface area contributed by atoms with Crippen molar-refractivity contribution < 1.29 is 4.79 Å². The molecule has 1 aromatic carbocycles. The fourth-order valence-electron chi connectivity index (χ4n) is 2.68. The number of aryl methyl sites for hydroxylation is 1. The van der Waals surface area contributed by atoms with Crippen molar-refractivity contribution >= 4 is 59.9 Å². The Labute approximate surface area is 170 Å². The molecule has 0 aliphatic heterocycles. The Morgan fingerprint density at radius 1 is 1.15 bits per heavy atom. The smallest absolute Gasteiger partial charge is 0.270 e. The van der Waals surface area contributed by atoms with Crippen LogP contribution in [-0.2, 0) is 6.42 Å². The molecule has 138 valence electrons. The predicted octanol–water partition coefficient (Wildman–Crippen LogP) is 5.28. The third kappa shape index (κ3) is 4.52. The van der Waals surface area contributed by atoms with Crippen LogP contribution in [-0.4, -0.2) is 43.0 Å². The van der Waals surface area contributed by atoms with E-state index in [1.807, 2.05) is 31.1 Å². The minimum Gasteiger partial charge on any atom is -0.309 e. The lowest BCUT2D eigenvalue weighted by Gasteiger charge is -2.20. The minimum absolute atomic E-state index is 0.0224. The first kappa shape index (κ1) is 19.5. The lowest BCUT2D eigenvalue weighted by Crippen LogP contribution is -2.32. The first-order valence-corrected chi connectivity index (χ1v) is 11.0. The molecular formula is C19H22BrN3OS2. The lowest BCUT2D eigenvalue weighted by atomic mass is 10.2. The molecule has 0 radical (unpaired) electrons. The van der Waals surface area contributed by atoms with Crippen LogP contribution < -0.4 is 4.90 Å². The third-order valence-electron chi connectivity index (χ3n) is 4.10. The Bertz CT molecular complexity index is 903. The first-order valence-electron chi connectivity index (χ1n) is 8.59. The van der Waals surface area contributed by atoms with E-state index in [2.05, 4.69) is 46.0 Å². The number of carbonyl (C=O) groups excluding carboxylic acids is 1. The van der Waals surface area contributed by atoms with E-state index in [4.69, 9.17) is 4.98 Å². The molecule has 4 nitrogen and oxygen atoms in total. The van der Waals surface area contributed by atoms with Gasteiger partial charge in [-0.25, -0.2) is 4.98 Å². The maximum absolute atomic E-state index is 13.1. The van der Waals surface area contributed by atoms with Gasteiger partial charge in [-0.05, 0) is 79.2 Å². The lowest BCUT2D eigenvalue weighted by molar-refractivity contribution is 0.0990. The van der Waals surface area contributed by atoms with Crippen molar-refractivity contribution in [2.45, 2.75) is 19.8 Å². The summed E-state index contributed by atoms with van der Waals surface area (Å²) in [5, 5.41) is 0.779. The summed E-state index contributed by atoms with van der Waals surface area (Å²) in [5.74, 6) is 0.0224. The number of aromatic nitrogens is 1. The molecule has 0 aliphatic rings. The van der Waals surface area contributed by atoms with Crippen LogP contribution in [0.25, 0.3) is 10.2 Å². The zero-order valence-corrected chi connectivity index (χ0v) is 18.4. The highest BCUT2D eigenvalue weighted by Crippen LogP contribution is 2.32. The summed E-state index contributed by atoms with van der Waals surface area (Å²) in [4.78, 5) is 22.5. The number of benzene rings is 1. The number of halogens is 1. The van der Waals surface area contributed by atoms with Gasteiger partial charge in [0, 0.05) is 6.54 Å². The van der Waals surface area contributed by atoms with Gasteiger partial charge in [-0.15, -0.1) is 11.3 Å². The number of thiazole rings is 1. The Hall–Kier alpha value is -1.28. The Morgan fingerprint density at radius 3 is 2.62 bits per heavy atom. The van der Waals surface area contributed by atoms with Gasteiger partial charge in [0.2, 0.25) is 0 Å². The molecule has 0 saturated carbocycles. The summed E-state index contributed by atoms with van der Waals surface area (Å²) in [5.41, 5.74) is 2.25. The van der Waals surface area contributed by atoms with Gasteiger partial charge in [0.25, 0.3) is 5.91 Å². The normalized spacial score (nSPS) is 11.4. The average molecular weight is 452 g/mol. The monoisotopic (exact) mass is 451 g/mol. The van der Waals surface area contributed by atoms with Gasteiger partial charge in [0.1, 0.15) is 0 Å². The van der Waals surface area contributed by atoms with Crippen LogP contribution in [0.4, 0.5) is 5.13 Å². The number of amides is 1. The minimum atomic E-state index is 0.0224. The van der Waals surface area contributed by atoms with Crippen molar-refractivity contribution in [2.24, 2.45) is 0 Å². The van der Waals surface area contributed by atoms with Crippen molar-refractivity contribution in [3.8, 4) is 0 Å². The van der Waals surface area contributed by atoms with Crippen LogP contribution in [0, 0.1) is 0 Å². The Balaban J connectivity index is 1.92. The van der Waals surface area contributed by atoms with E-state index in [1.165, 1.54) is 16.9 Å². The summed E-state index contributed by atoms with van der Waals surface area (Å²) in [6.45, 7) is 3.74. The molecule has 0 bridgehead atoms. The number of anilines is 1. The number of nitrogens with zero attached hydrogens (tertiary/aromatic N) is 3. The van der Waals surface area contributed by atoms with Crippen LogP contribution in [0.1, 0.15) is 28.6 Å². The summed E-state index contributed by atoms with van der Waals surface area (Å²) in [6, 6.07) is 10.1. The molecule has 0 aliphatic carbocycles. The summed E-state index contributed by atoms with van der Waals surface area (Å²) < 4.78 is 2.10. The van der Waals surface area contributed by atoms with Crippen LogP contribution in [0.2, 0.25) is 0 Å². The van der Waals surface area contributed by atoms with Gasteiger partial charge < -0.3 is 4.90 Å². The van der Waals surface area contributed by atoms with E-state index in [0.29, 0.717) is 6.54 Å². The van der Waals surface area contributed by atoms with Gasteiger partial charge in [0.05, 0.1) is 18.9 Å². The highest BCUT2D eigenvalue weighted by atomic mass is 79.9. The van der Waals surface area contributed by atoms with Gasteiger partial charge in [-0.1, -0.05) is 24.3 Å². The van der Waals surface area contributed by atoms with Crippen molar-refractivity contribution in [3.05, 3.63) is 44.6 Å². The molecule has 1 amide bonds. The van der Waals surface area contributed by atoms with Crippen LogP contribution in [0.5, 0.6) is 0 Å². The molecule has 26 heavy (non-hydrogen) atoms. The summed E-state index contributed by atoms with van der Waals surface area (Å²) in [6.07, 6.45) is 1.90. The van der Waals surface area contributed by atoms with E-state index in [9.17, 15) is 4.79 Å². The van der Waals surface area contributed by atoms with E-state index in [1.54, 1.807) is 11.3 Å². The number of fused-ring (bicyclic) bond motifs is 1. The van der Waals surface area contributed by atoms with Crippen LogP contribution in [0.15, 0.2) is 34.1 Å². The molecule has 0 saturated heterocycles. The summed E-state index contributed by atoms with van der Waals surface area (Å²) >= 11 is 6.51. The van der Waals surface area contributed by atoms with Crippen molar-refractivity contribution in [2.75, 3.05) is 32.1 Å². The molecule has 0 spiro atoms. The van der Waals surface area contributed by atoms with Gasteiger partial charge in [-0.3, -0.25) is 9.69 Å². The Morgan fingerprint density at radius 2 is 1.96 bits per heavy atom. The van der Waals surface area contributed by atoms with E-state index >= 15 is 0 Å². The maximum Gasteiger partial charge on any atom is 0.270 e. The molecule has 0 unspecified atom stereocenters. The van der Waals surface area contributed by atoms with Crippen LogP contribution >= 0.6 is 38.6 Å². The number of carbonyl (C=O) groups is 1. The first-order chi connectivity index (χ1) is 12.5. The van der Waals surface area contributed by atoms with Crippen molar-refractivity contribution in [3.63, 3.8) is 0 Å². The highest BCUT2D eigenvalue weighted by Gasteiger charge is 2.22. The molecule has 0 N–H and O–H groups in total. The molecule has 0 atom stereocenters.